The number of aliphatic hydroxyl groups is 1. The second-order valence-electron chi connectivity index (χ2n) is 8.37. The van der Waals surface area contributed by atoms with E-state index in [0.717, 1.165) is 5.56 Å². The number of aromatic nitrogens is 4. The van der Waals surface area contributed by atoms with Crippen molar-refractivity contribution in [2.75, 3.05) is 7.05 Å². The van der Waals surface area contributed by atoms with Gasteiger partial charge in [-0.25, -0.2) is 0 Å². The zero-order valence-electron chi connectivity index (χ0n) is 19.2. The maximum absolute atomic E-state index is 12.7. The smallest absolute Gasteiger partial charge is 0.274 e. The second-order valence-corrected chi connectivity index (χ2v) is 8.37. The first-order valence-electron chi connectivity index (χ1n) is 10.3. The summed E-state index contributed by atoms with van der Waals surface area (Å²) in [7, 11) is 3.10. The molecule has 0 saturated heterocycles. The number of carbonyl (C=O) groups excluding carboxylic acids is 1. The Morgan fingerprint density at radius 3 is 2.70 bits per heavy atom. The standard InChI is InChI=1S/C23H25N5O5/c1-11-7-8-25-12(2)17(11)32-20-18(33-22(27-20)23(3,4)31)14-10-28(6)21(30)16-13(14)9-15(26-16)19(29)24-5/h7-10,26,31H,1-6H3,(H,24,29). The molecule has 0 spiro atoms. The van der Waals surface area contributed by atoms with Gasteiger partial charge in [0.2, 0.25) is 11.7 Å². The molecule has 0 radical (unpaired) electrons. The number of hydrogen-bond acceptors (Lipinski definition) is 7. The topological polar surface area (TPSA) is 135 Å². The lowest BCUT2D eigenvalue weighted by molar-refractivity contribution is 0.0489. The third-order valence-electron chi connectivity index (χ3n) is 5.28. The van der Waals surface area contributed by atoms with Gasteiger partial charge in [0.1, 0.15) is 16.8 Å². The molecule has 4 aromatic heterocycles. The molecule has 10 heteroatoms. The maximum Gasteiger partial charge on any atom is 0.274 e. The molecule has 3 N–H and O–H groups in total. The number of nitrogens with zero attached hydrogens (tertiary/aromatic N) is 3. The summed E-state index contributed by atoms with van der Waals surface area (Å²) in [5.74, 6) is 0.491. The normalized spacial score (nSPS) is 11.7. The summed E-state index contributed by atoms with van der Waals surface area (Å²) in [6.07, 6.45) is 3.26. The van der Waals surface area contributed by atoms with Gasteiger partial charge in [0.25, 0.3) is 17.3 Å². The maximum atomic E-state index is 12.7. The lowest BCUT2D eigenvalue weighted by atomic mass is 10.1. The summed E-state index contributed by atoms with van der Waals surface area (Å²) < 4.78 is 13.5. The van der Waals surface area contributed by atoms with Crippen LogP contribution in [-0.2, 0) is 12.6 Å². The molecule has 172 valence electrons. The first-order chi connectivity index (χ1) is 15.5. The van der Waals surface area contributed by atoms with Gasteiger partial charge >= 0.3 is 0 Å². The molecule has 0 aliphatic carbocycles. The fourth-order valence-electron chi connectivity index (χ4n) is 3.51. The molecule has 33 heavy (non-hydrogen) atoms. The molecule has 1 amide bonds. The fraction of sp³-hybridized carbons (Fsp3) is 0.304. The molecule has 0 fully saturated rings. The summed E-state index contributed by atoms with van der Waals surface area (Å²) >= 11 is 0. The lowest BCUT2D eigenvalue weighted by Gasteiger charge is -2.11. The van der Waals surface area contributed by atoms with Crippen molar-refractivity contribution in [3.05, 3.63) is 57.7 Å². The quantitative estimate of drug-likeness (QED) is 0.424. The number of oxazole rings is 1. The predicted octanol–water partition coefficient (Wildman–Crippen LogP) is 2.91. The number of amides is 1. The first kappa shape index (κ1) is 22.3. The summed E-state index contributed by atoms with van der Waals surface area (Å²) in [6.45, 7) is 6.78. The number of hydrogen-bond donors (Lipinski definition) is 3. The Bertz CT molecular complexity index is 1420. The van der Waals surface area contributed by atoms with Gasteiger partial charge in [-0.3, -0.25) is 14.6 Å². The van der Waals surface area contributed by atoms with E-state index in [4.69, 9.17) is 9.15 Å². The Balaban J connectivity index is 1.99. The molecule has 0 aliphatic heterocycles. The molecular formula is C23H25N5O5. The molecule has 0 aliphatic rings. The van der Waals surface area contributed by atoms with Crippen molar-refractivity contribution in [1.29, 1.82) is 0 Å². The van der Waals surface area contributed by atoms with E-state index in [0.29, 0.717) is 22.4 Å². The Hall–Kier alpha value is -3.92. The van der Waals surface area contributed by atoms with Crippen LogP contribution in [0.4, 0.5) is 0 Å². The summed E-state index contributed by atoms with van der Waals surface area (Å²) in [5, 5.41) is 13.5. The number of aryl methyl sites for hydroxylation is 3. The highest BCUT2D eigenvalue weighted by Gasteiger charge is 2.30. The highest BCUT2D eigenvalue weighted by atomic mass is 16.5. The number of rotatable bonds is 5. The first-order valence-corrected chi connectivity index (χ1v) is 10.3. The van der Waals surface area contributed by atoms with Crippen molar-refractivity contribution in [1.82, 2.24) is 24.8 Å². The lowest BCUT2D eigenvalue weighted by Crippen LogP contribution is -2.19. The van der Waals surface area contributed by atoms with E-state index in [9.17, 15) is 14.7 Å². The van der Waals surface area contributed by atoms with E-state index >= 15 is 0 Å². The molecule has 0 bridgehead atoms. The Kier molecular flexibility index (Phi) is 5.33. The number of carbonyl (C=O) groups is 1. The van der Waals surface area contributed by atoms with E-state index in [1.165, 1.54) is 11.6 Å². The minimum atomic E-state index is -1.39. The highest BCUT2D eigenvalue weighted by molar-refractivity contribution is 6.02. The number of H-pyrrole nitrogens is 1. The van der Waals surface area contributed by atoms with Gasteiger partial charge in [-0.15, -0.1) is 0 Å². The molecule has 4 heterocycles. The zero-order chi connectivity index (χ0) is 24.1. The number of pyridine rings is 2. The average molecular weight is 451 g/mol. The predicted molar refractivity (Wildman–Crippen MR) is 121 cm³/mol. The van der Waals surface area contributed by atoms with Gasteiger partial charge in [0, 0.05) is 37.4 Å². The van der Waals surface area contributed by atoms with Gasteiger partial charge in [0.05, 0.1) is 5.69 Å². The van der Waals surface area contributed by atoms with E-state index in [2.05, 4.69) is 20.3 Å². The molecule has 0 aromatic carbocycles. The molecule has 4 rings (SSSR count). The van der Waals surface area contributed by atoms with Crippen molar-refractivity contribution in [3.8, 4) is 23.0 Å². The van der Waals surface area contributed by atoms with Crippen LogP contribution in [0, 0.1) is 13.8 Å². The van der Waals surface area contributed by atoms with Crippen molar-refractivity contribution in [2.45, 2.75) is 33.3 Å². The Morgan fingerprint density at radius 2 is 2.06 bits per heavy atom. The van der Waals surface area contributed by atoms with Crippen molar-refractivity contribution < 1.29 is 19.1 Å². The van der Waals surface area contributed by atoms with E-state index in [1.807, 2.05) is 19.9 Å². The third-order valence-corrected chi connectivity index (χ3v) is 5.28. The fourth-order valence-corrected chi connectivity index (χ4v) is 3.51. The largest absolute Gasteiger partial charge is 0.434 e. The summed E-state index contributed by atoms with van der Waals surface area (Å²) in [5.41, 5.74) is 0.720. The zero-order valence-corrected chi connectivity index (χ0v) is 19.2. The number of aromatic amines is 1. The molecule has 0 saturated carbocycles. The summed E-state index contributed by atoms with van der Waals surface area (Å²) in [4.78, 5) is 36.5. The van der Waals surface area contributed by atoms with Crippen LogP contribution >= 0.6 is 0 Å². The van der Waals surface area contributed by atoms with E-state index < -0.39 is 5.60 Å². The minimum absolute atomic E-state index is 0.0377. The number of ether oxygens (including phenoxy) is 1. The van der Waals surface area contributed by atoms with Crippen LogP contribution in [0.1, 0.15) is 41.5 Å². The van der Waals surface area contributed by atoms with Crippen molar-refractivity contribution in [2.24, 2.45) is 7.05 Å². The van der Waals surface area contributed by atoms with Crippen LogP contribution in [0.25, 0.3) is 22.2 Å². The van der Waals surface area contributed by atoms with Crippen LogP contribution in [0.15, 0.2) is 33.7 Å². The van der Waals surface area contributed by atoms with Gasteiger partial charge in [0.15, 0.2) is 5.75 Å². The molecule has 4 aromatic rings. The third kappa shape index (κ3) is 3.89. The number of nitrogens with one attached hydrogen (secondary N) is 2. The van der Waals surface area contributed by atoms with Crippen molar-refractivity contribution >= 4 is 16.8 Å². The number of fused-ring (bicyclic) bond motifs is 1. The molecule has 0 unspecified atom stereocenters. The monoisotopic (exact) mass is 451 g/mol. The second kappa shape index (κ2) is 7.89. The molecule has 10 nitrogen and oxygen atoms in total. The van der Waals surface area contributed by atoms with Gasteiger partial charge in [-0.2, -0.15) is 4.98 Å². The van der Waals surface area contributed by atoms with Gasteiger partial charge in [-0.05, 0) is 45.4 Å². The van der Waals surface area contributed by atoms with Crippen LogP contribution in [0.5, 0.6) is 11.6 Å². The average Bonchev–Trinajstić information content (AvgIpc) is 3.38. The summed E-state index contributed by atoms with van der Waals surface area (Å²) in [6, 6.07) is 3.38. The van der Waals surface area contributed by atoms with E-state index in [1.54, 1.807) is 39.4 Å². The SMILES string of the molecule is CNC(=O)c1cc2c(-c3oc(C(C)(C)O)nc3Oc3c(C)ccnc3C)cn(C)c(=O)c2[nH]1. The van der Waals surface area contributed by atoms with Gasteiger partial charge < -0.3 is 29.1 Å². The van der Waals surface area contributed by atoms with Crippen LogP contribution < -0.4 is 15.6 Å². The van der Waals surface area contributed by atoms with Crippen LogP contribution in [-0.4, -0.2) is 37.6 Å². The Labute approximate surface area is 189 Å². The van der Waals surface area contributed by atoms with Gasteiger partial charge in [-0.1, -0.05) is 0 Å². The molecule has 0 atom stereocenters. The van der Waals surface area contributed by atoms with E-state index in [-0.39, 0.29) is 40.2 Å². The molecular weight excluding hydrogens is 426 g/mol. The highest BCUT2D eigenvalue weighted by Crippen LogP contribution is 2.40. The van der Waals surface area contributed by atoms with Crippen LogP contribution in [0.2, 0.25) is 0 Å². The van der Waals surface area contributed by atoms with Crippen molar-refractivity contribution in [3.63, 3.8) is 0 Å². The Morgan fingerprint density at radius 1 is 1.33 bits per heavy atom. The van der Waals surface area contributed by atoms with Crippen LogP contribution in [0.3, 0.4) is 0 Å². The minimum Gasteiger partial charge on any atom is -0.434 e.